The first-order valence-electron chi connectivity index (χ1n) is 6.72. The maximum absolute atomic E-state index is 12.2. The smallest absolute Gasteiger partial charge is 0.306 e. The number of aliphatic carboxylic acids is 1. The molecule has 1 saturated carbocycles. The van der Waals surface area contributed by atoms with E-state index < -0.39 is 5.97 Å². The molecule has 0 radical (unpaired) electrons. The normalized spacial score (nSPS) is 21.5. The molecule has 2 atom stereocenters. The van der Waals surface area contributed by atoms with Gasteiger partial charge in [-0.15, -0.1) is 0 Å². The number of thiazole rings is 1. The Morgan fingerprint density at radius 1 is 1.38 bits per heavy atom. The van der Waals surface area contributed by atoms with Gasteiger partial charge in [0.2, 0.25) is 0 Å². The molecule has 1 aromatic heterocycles. The first-order chi connectivity index (χ1) is 10.0. The molecule has 1 aromatic carbocycles. The second kappa shape index (κ2) is 5.33. The van der Waals surface area contributed by atoms with Gasteiger partial charge in [-0.25, -0.2) is 4.98 Å². The highest BCUT2D eigenvalue weighted by Gasteiger charge is 2.30. The van der Waals surface area contributed by atoms with Crippen molar-refractivity contribution in [3.63, 3.8) is 0 Å². The molecule has 1 heterocycles. The number of nitrogens with two attached hydrogens (primary N) is 1. The number of aromatic nitrogens is 1. The first kappa shape index (κ1) is 13.8. The molecule has 0 bridgehead atoms. The Kier molecular flexibility index (Phi) is 3.50. The van der Waals surface area contributed by atoms with Crippen molar-refractivity contribution < 1.29 is 14.7 Å². The van der Waals surface area contributed by atoms with E-state index in [0.29, 0.717) is 30.0 Å². The largest absolute Gasteiger partial charge is 0.481 e. The SMILES string of the molecule is Nc1nc2ccc(C(=O)N[C@H]3CC[C@@H](C(=O)O)C3)cc2s1. The highest BCUT2D eigenvalue weighted by atomic mass is 32.1. The van der Waals surface area contributed by atoms with Gasteiger partial charge in [-0.2, -0.15) is 0 Å². The van der Waals surface area contributed by atoms with E-state index in [0.717, 1.165) is 10.2 Å². The Hall–Kier alpha value is -2.15. The van der Waals surface area contributed by atoms with E-state index in [-0.39, 0.29) is 17.9 Å². The van der Waals surface area contributed by atoms with Crippen LogP contribution in [0.3, 0.4) is 0 Å². The molecule has 1 aliphatic carbocycles. The molecular formula is C14H15N3O3S. The molecule has 6 nitrogen and oxygen atoms in total. The van der Waals surface area contributed by atoms with Crippen LogP contribution in [0.15, 0.2) is 18.2 Å². The highest BCUT2D eigenvalue weighted by molar-refractivity contribution is 7.22. The Balaban J connectivity index is 1.71. The monoisotopic (exact) mass is 305 g/mol. The van der Waals surface area contributed by atoms with Gasteiger partial charge < -0.3 is 16.2 Å². The molecule has 0 unspecified atom stereocenters. The number of nitrogens with one attached hydrogen (secondary N) is 1. The average molecular weight is 305 g/mol. The number of anilines is 1. The minimum absolute atomic E-state index is 0.0687. The van der Waals surface area contributed by atoms with Gasteiger partial charge in [-0.05, 0) is 37.5 Å². The van der Waals surface area contributed by atoms with Crippen LogP contribution < -0.4 is 11.1 Å². The summed E-state index contributed by atoms with van der Waals surface area (Å²) in [6.45, 7) is 0. The molecule has 1 amide bonds. The summed E-state index contributed by atoms with van der Waals surface area (Å²) in [6.07, 6.45) is 1.82. The van der Waals surface area contributed by atoms with Crippen LogP contribution in [0.4, 0.5) is 5.13 Å². The van der Waals surface area contributed by atoms with Crippen LogP contribution in [-0.4, -0.2) is 28.0 Å². The Morgan fingerprint density at radius 3 is 2.90 bits per heavy atom. The number of benzene rings is 1. The van der Waals surface area contributed by atoms with Crippen LogP contribution in [0.5, 0.6) is 0 Å². The molecule has 0 aliphatic heterocycles. The zero-order valence-corrected chi connectivity index (χ0v) is 12.0. The highest BCUT2D eigenvalue weighted by Crippen LogP contribution is 2.27. The molecule has 21 heavy (non-hydrogen) atoms. The Labute approximate surface area is 125 Å². The maximum Gasteiger partial charge on any atom is 0.306 e. The average Bonchev–Trinajstić information content (AvgIpc) is 3.02. The number of hydrogen-bond donors (Lipinski definition) is 3. The molecule has 0 saturated heterocycles. The van der Waals surface area contributed by atoms with E-state index >= 15 is 0 Å². The number of amides is 1. The second-order valence-electron chi connectivity index (χ2n) is 5.25. The fraction of sp³-hybridized carbons (Fsp3) is 0.357. The van der Waals surface area contributed by atoms with Crippen molar-refractivity contribution in [3.05, 3.63) is 23.8 Å². The quantitative estimate of drug-likeness (QED) is 0.802. The Bertz CT molecular complexity index is 713. The molecule has 4 N–H and O–H groups in total. The van der Waals surface area contributed by atoms with E-state index in [2.05, 4.69) is 10.3 Å². The van der Waals surface area contributed by atoms with Gasteiger partial charge in [0.25, 0.3) is 5.91 Å². The van der Waals surface area contributed by atoms with E-state index in [1.807, 2.05) is 0 Å². The van der Waals surface area contributed by atoms with Crippen LogP contribution in [0.2, 0.25) is 0 Å². The number of hydrogen-bond acceptors (Lipinski definition) is 5. The number of carboxylic acids is 1. The van der Waals surface area contributed by atoms with E-state index in [9.17, 15) is 9.59 Å². The van der Waals surface area contributed by atoms with Crippen LogP contribution in [0.25, 0.3) is 10.2 Å². The second-order valence-corrected chi connectivity index (χ2v) is 6.32. The lowest BCUT2D eigenvalue weighted by Crippen LogP contribution is -2.33. The van der Waals surface area contributed by atoms with E-state index in [1.54, 1.807) is 18.2 Å². The van der Waals surface area contributed by atoms with Gasteiger partial charge in [0.05, 0.1) is 16.1 Å². The lowest BCUT2D eigenvalue weighted by molar-refractivity contribution is -0.141. The Morgan fingerprint density at radius 2 is 2.19 bits per heavy atom. The number of carbonyl (C=O) groups excluding carboxylic acids is 1. The van der Waals surface area contributed by atoms with Crippen LogP contribution in [-0.2, 0) is 4.79 Å². The molecule has 110 valence electrons. The van der Waals surface area contributed by atoms with Crippen molar-refractivity contribution in [1.29, 1.82) is 0 Å². The predicted molar refractivity (Wildman–Crippen MR) is 80.3 cm³/mol. The molecule has 1 aliphatic rings. The first-order valence-corrected chi connectivity index (χ1v) is 7.54. The zero-order chi connectivity index (χ0) is 15.0. The summed E-state index contributed by atoms with van der Waals surface area (Å²) in [5, 5.41) is 12.3. The minimum atomic E-state index is -0.784. The standard InChI is InChI=1S/C14H15N3O3S/c15-14-17-10-4-2-7(6-11(10)21-14)12(18)16-9-3-1-8(5-9)13(19)20/h2,4,6,8-9H,1,3,5H2,(H2,15,17)(H,16,18)(H,19,20)/t8-,9+/m1/s1. The molecule has 3 rings (SSSR count). The van der Waals surface area contributed by atoms with Gasteiger partial charge in [-0.1, -0.05) is 11.3 Å². The molecule has 2 aromatic rings. The van der Waals surface area contributed by atoms with Crippen LogP contribution in [0, 0.1) is 5.92 Å². The third kappa shape index (κ3) is 2.82. The van der Waals surface area contributed by atoms with Gasteiger partial charge in [0.15, 0.2) is 5.13 Å². The van der Waals surface area contributed by atoms with Crippen LogP contribution in [0.1, 0.15) is 29.6 Å². The summed E-state index contributed by atoms with van der Waals surface area (Å²) in [5.74, 6) is -1.31. The molecule has 1 fully saturated rings. The van der Waals surface area contributed by atoms with Crippen molar-refractivity contribution in [2.24, 2.45) is 5.92 Å². The van der Waals surface area contributed by atoms with Crippen molar-refractivity contribution in [3.8, 4) is 0 Å². The number of nitrogen functional groups attached to an aromatic ring is 1. The molecular weight excluding hydrogens is 290 g/mol. The van der Waals surface area contributed by atoms with Gasteiger partial charge >= 0.3 is 5.97 Å². The summed E-state index contributed by atoms with van der Waals surface area (Å²) in [5.41, 5.74) is 6.97. The third-order valence-corrected chi connectivity index (χ3v) is 4.63. The fourth-order valence-electron chi connectivity index (χ4n) is 2.69. The van der Waals surface area contributed by atoms with Gasteiger partial charge in [0.1, 0.15) is 0 Å². The number of carboxylic acid groups (broad SMARTS) is 1. The van der Waals surface area contributed by atoms with Gasteiger partial charge in [0, 0.05) is 11.6 Å². The van der Waals surface area contributed by atoms with E-state index in [4.69, 9.17) is 10.8 Å². The van der Waals surface area contributed by atoms with Crippen molar-refractivity contribution in [2.45, 2.75) is 25.3 Å². The number of carbonyl (C=O) groups is 2. The summed E-state index contributed by atoms with van der Waals surface area (Å²) < 4.78 is 0.870. The topological polar surface area (TPSA) is 105 Å². The molecule has 0 spiro atoms. The van der Waals surface area contributed by atoms with Gasteiger partial charge in [-0.3, -0.25) is 9.59 Å². The summed E-state index contributed by atoms with van der Waals surface area (Å²) in [7, 11) is 0. The minimum Gasteiger partial charge on any atom is -0.481 e. The van der Waals surface area contributed by atoms with Crippen molar-refractivity contribution in [2.75, 3.05) is 5.73 Å². The predicted octanol–water partition coefficient (Wildman–Crippen LogP) is 1.86. The third-order valence-electron chi connectivity index (χ3n) is 3.78. The number of rotatable bonds is 3. The lowest BCUT2D eigenvalue weighted by Gasteiger charge is -2.12. The van der Waals surface area contributed by atoms with Crippen LogP contribution >= 0.6 is 11.3 Å². The number of fused-ring (bicyclic) bond motifs is 1. The number of nitrogens with zero attached hydrogens (tertiary/aromatic N) is 1. The maximum atomic E-state index is 12.2. The van der Waals surface area contributed by atoms with E-state index in [1.165, 1.54) is 11.3 Å². The summed E-state index contributed by atoms with van der Waals surface area (Å²) in [4.78, 5) is 27.3. The summed E-state index contributed by atoms with van der Waals surface area (Å²) in [6, 6.07) is 5.18. The van der Waals surface area contributed by atoms with Crippen molar-refractivity contribution >= 4 is 38.6 Å². The zero-order valence-electron chi connectivity index (χ0n) is 11.2. The fourth-order valence-corrected chi connectivity index (χ4v) is 3.46. The lowest BCUT2D eigenvalue weighted by atomic mass is 10.1. The van der Waals surface area contributed by atoms with Crippen molar-refractivity contribution in [1.82, 2.24) is 10.3 Å². The summed E-state index contributed by atoms with van der Waals surface area (Å²) >= 11 is 1.34. The molecule has 7 heteroatoms.